The zero-order valence-electron chi connectivity index (χ0n) is 13.9. The number of rotatable bonds is 5. The van der Waals surface area contributed by atoms with E-state index >= 15 is 0 Å². The fourth-order valence-electron chi connectivity index (χ4n) is 2.56. The summed E-state index contributed by atoms with van der Waals surface area (Å²) in [5.41, 5.74) is 1.86. The Bertz CT molecular complexity index is 654. The molecule has 1 fully saturated rings. The van der Waals surface area contributed by atoms with Crippen LogP contribution in [-0.4, -0.2) is 30.5 Å². The van der Waals surface area contributed by atoms with Gasteiger partial charge in [0.25, 0.3) is 0 Å². The SMILES string of the molecule is CC(C)(C)CNC1(Cc2cc(-c3ccc(F)cc3)on2)COC1. The van der Waals surface area contributed by atoms with Crippen LogP contribution < -0.4 is 5.32 Å². The van der Waals surface area contributed by atoms with Gasteiger partial charge >= 0.3 is 0 Å². The molecule has 1 aliphatic rings. The molecule has 23 heavy (non-hydrogen) atoms. The van der Waals surface area contributed by atoms with Gasteiger partial charge in [0.05, 0.1) is 24.4 Å². The number of hydrogen-bond acceptors (Lipinski definition) is 4. The smallest absolute Gasteiger partial charge is 0.167 e. The molecule has 0 aliphatic carbocycles. The molecule has 2 aromatic rings. The van der Waals surface area contributed by atoms with Crippen molar-refractivity contribution in [2.45, 2.75) is 32.7 Å². The van der Waals surface area contributed by atoms with E-state index in [0.29, 0.717) is 19.0 Å². The highest BCUT2D eigenvalue weighted by atomic mass is 19.1. The first kappa shape index (κ1) is 16.1. The van der Waals surface area contributed by atoms with Crippen molar-refractivity contribution in [1.29, 1.82) is 0 Å². The summed E-state index contributed by atoms with van der Waals surface area (Å²) in [6, 6.07) is 8.15. The quantitative estimate of drug-likeness (QED) is 0.917. The monoisotopic (exact) mass is 318 g/mol. The second-order valence-corrected chi connectivity index (χ2v) is 7.55. The molecule has 3 rings (SSSR count). The third-order valence-electron chi connectivity index (χ3n) is 3.96. The van der Waals surface area contributed by atoms with Crippen LogP contribution >= 0.6 is 0 Å². The Kier molecular flexibility index (Phi) is 4.25. The Morgan fingerprint density at radius 1 is 1.22 bits per heavy atom. The highest BCUT2D eigenvalue weighted by Gasteiger charge is 2.39. The summed E-state index contributed by atoms with van der Waals surface area (Å²) in [6.45, 7) is 8.89. The van der Waals surface area contributed by atoms with Gasteiger partial charge in [-0.1, -0.05) is 25.9 Å². The maximum atomic E-state index is 13.0. The lowest BCUT2D eigenvalue weighted by molar-refractivity contribution is -0.0774. The second kappa shape index (κ2) is 6.06. The molecule has 0 radical (unpaired) electrons. The fraction of sp³-hybridized carbons (Fsp3) is 0.500. The highest BCUT2D eigenvalue weighted by Crippen LogP contribution is 2.27. The molecule has 4 nitrogen and oxygen atoms in total. The van der Waals surface area contributed by atoms with Crippen molar-refractivity contribution in [3.63, 3.8) is 0 Å². The summed E-state index contributed by atoms with van der Waals surface area (Å²) in [6.07, 6.45) is 0.758. The Hall–Kier alpha value is -1.72. The summed E-state index contributed by atoms with van der Waals surface area (Å²) >= 11 is 0. The predicted octanol–water partition coefficient (Wildman–Crippen LogP) is 3.43. The summed E-state index contributed by atoms with van der Waals surface area (Å²) in [5, 5.41) is 7.78. The van der Waals surface area contributed by atoms with Gasteiger partial charge in [0, 0.05) is 24.6 Å². The van der Waals surface area contributed by atoms with Crippen molar-refractivity contribution in [2.75, 3.05) is 19.8 Å². The second-order valence-electron chi connectivity index (χ2n) is 7.55. The first-order valence-electron chi connectivity index (χ1n) is 7.90. The molecule has 1 saturated heterocycles. The zero-order valence-corrected chi connectivity index (χ0v) is 13.9. The highest BCUT2D eigenvalue weighted by molar-refractivity contribution is 5.57. The molecular formula is C18H23FN2O2. The van der Waals surface area contributed by atoms with E-state index in [1.54, 1.807) is 12.1 Å². The summed E-state index contributed by atoms with van der Waals surface area (Å²) in [4.78, 5) is 0. The van der Waals surface area contributed by atoms with Crippen LogP contribution in [0.1, 0.15) is 26.5 Å². The Morgan fingerprint density at radius 2 is 1.91 bits per heavy atom. The number of halogens is 1. The van der Waals surface area contributed by atoms with Crippen molar-refractivity contribution in [2.24, 2.45) is 5.41 Å². The van der Waals surface area contributed by atoms with Crippen molar-refractivity contribution in [3.8, 4) is 11.3 Å². The van der Waals surface area contributed by atoms with E-state index in [4.69, 9.17) is 9.26 Å². The van der Waals surface area contributed by atoms with Crippen LogP contribution in [0.3, 0.4) is 0 Å². The van der Waals surface area contributed by atoms with Gasteiger partial charge in [0.15, 0.2) is 5.76 Å². The molecule has 5 heteroatoms. The van der Waals surface area contributed by atoms with Gasteiger partial charge < -0.3 is 14.6 Å². The van der Waals surface area contributed by atoms with Crippen LogP contribution in [0, 0.1) is 11.2 Å². The minimum absolute atomic E-state index is 0.0653. The molecular weight excluding hydrogens is 295 g/mol. The predicted molar refractivity (Wildman–Crippen MR) is 86.6 cm³/mol. The van der Waals surface area contributed by atoms with E-state index in [1.165, 1.54) is 12.1 Å². The van der Waals surface area contributed by atoms with Gasteiger partial charge in [-0.2, -0.15) is 0 Å². The summed E-state index contributed by atoms with van der Waals surface area (Å²) < 4.78 is 23.8. The third-order valence-corrected chi connectivity index (χ3v) is 3.96. The summed E-state index contributed by atoms with van der Waals surface area (Å²) in [5.74, 6) is 0.400. The molecule has 124 valence electrons. The molecule has 1 aromatic carbocycles. The molecule has 0 unspecified atom stereocenters. The number of aromatic nitrogens is 1. The first-order chi connectivity index (χ1) is 10.9. The Balaban J connectivity index is 1.69. The maximum absolute atomic E-state index is 13.0. The fourth-order valence-corrected chi connectivity index (χ4v) is 2.56. The normalized spacial score (nSPS) is 17.0. The van der Waals surface area contributed by atoms with E-state index in [9.17, 15) is 4.39 Å². The lowest BCUT2D eigenvalue weighted by Crippen LogP contribution is -2.63. The van der Waals surface area contributed by atoms with Crippen molar-refractivity contribution in [3.05, 3.63) is 41.8 Å². The molecule has 0 saturated carbocycles. The van der Waals surface area contributed by atoms with Gasteiger partial charge in [-0.05, 0) is 29.7 Å². The number of nitrogens with zero attached hydrogens (tertiary/aromatic N) is 1. The van der Waals surface area contributed by atoms with Gasteiger partial charge in [0.1, 0.15) is 5.82 Å². The van der Waals surface area contributed by atoms with Gasteiger partial charge in [-0.15, -0.1) is 0 Å². The average Bonchev–Trinajstić information content (AvgIpc) is 2.90. The molecule has 1 aromatic heterocycles. The largest absolute Gasteiger partial charge is 0.377 e. The van der Waals surface area contributed by atoms with Crippen LogP contribution in [-0.2, 0) is 11.2 Å². The first-order valence-corrected chi connectivity index (χ1v) is 7.90. The number of hydrogen-bond donors (Lipinski definition) is 1. The van der Waals surface area contributed by atoms with Crippen LogP contribution in [0.15, 0.2) is 34.9 Å². The summed E-state index contributed by atoms with van der Waals surface area (Å²) in [7, 11) is 0. The van der Waals surface area contributed by atoms with E-state index in [-0.39, 0.29) is 16.8 Å². The molecule has 0 spiro atoms. The molecule has 1 aliphatic heterocycles. The molecule has 1 N–H and O–H groups in total. The lowest BCUT2D eigenvalue weighted by Gasteiger charge is -2.43. The average molecular weight is 318 g/mol. The minimum atomic E-state index is -0.259. The zero-order chi connectivity index (χ0) is 16.5. The topological polar surface area (TPSA) is 47.3 Å². The van der Waals surface area contributed by atoms with Gasteiger partial charge in [-0.25, -0.2) is 4.39 Å². The van der Waals surface area contributed by atoms with E-state index in [1.807, 2.05) is 6.07 Å². The third kappa shape index (κ3) is 3.98. The molecule has 0 bridgehead atoms. The molecule has 0 amide bonds. The molecule has 2 heterocycles. The maximum Gasteiger partial charge on any atom is 0.167 e. The van der Waals surface area contributed by atoms with Gasteiger partial charge in [-0.3, -0.25) is 0 Å². The van der Waals surface area contributed by atoms with Crippen LogP contribution in [0.4, 0.5) is 4.39 Å². The Morgan fingerprint density at radius 3 is 2.48 bits per heavy atom. The van der Waals surface area contributed by atoms with Crippen molar-refractivity contribution < 1.29 is 13.7 Å². The van der Waals surface area contributed by atoms with E-state index < -0.39 is 0 Å². The van der Waals surface area contributed by atoms with Crippen LogP contribution in [0.2, 0.25) is 0 Å². The lowest BCUT2D eigenvalue weighted by atomic mass is 9.88. The van der Waals surface area contributed by atoms with E-state index in [0.717, 1.165) is 24.2 Å². The Labute approximate surface area is 136 Å². The number of benzene rings is 1. The number of ether oxygens (including phenoxy) is 1. The standard InChI is InChI=1S/C18H23FN2O2/c1-17(2,3)10-20-18(11-22-12-18)9-15-8-16(23-21-15)13-4-6-14(19)7-5-13/h4-8,20H,9-12H2,1-3H3. The minimum Gasteiger partial charge on any atom is -0.377 e. The van der Waals surface area contributed by atoms with Crippen molar-refractivity contribution in [1.82, 2.24) is 10.5 Å². The van der Waals surface area contributed by atoms with Crippen LogP contribution in [0.5, 0.6) is 0 Å². The number of nitrogens with one attached hydrogen (secondary N) is 1. The van der Waals surface area contributed by atoms with E-state index in [2.05, 4.69) is 31.2 Å². The van der Waals surface area contributed by atoms with Crippen molar-refractivity contribution >= 4 is 0 Å². The van der Waals surface area contributed by atoms with Crippen LogP contribution in [0.25, 0.3) is 11.3 Å². The molecule has 0 atom stereocenters. The van der Waals surface area contributed by atoms with Gasteiger partial charge in [0.2, 0.25) is 0 Å².